The van der Waals surface area contributed by atoms with Crippen LogP contribution >= 0.6 is 0 Å². The number of nitrogens with two attached hydrogens (primary N) is 1. The largest absolute Gasteiger partial charge is 0.484 e. The third-order valence-corrected chi connectivity index (χ3v) is 6.15. The van der Waals surface area contributed by atoms with E-state index in [9.17, 15) is 23.2 Å². The van der Waals surface area contributed by atoms with Gasteiger partial charge in [-0.25, -0.2) is 4.68 Å². The van der Waals surface area contributed by atoms with E-state index in [1.165, 1.54) is 0 Å². The van der Waals surface area contributed by atoms with E-state index in [-0.39, 0.29) is 18.9 Å². The summed E-state index contributed by atoms with van der Waals surface area (Å²) >= 11 is 0. The van der Waals surface area contributed by atoms with Gasteiger partial charge >= 0.3 is 5.92 Å². The summed E-state index contributed by atoms with van der Waals surface area (Å²) in [6.07, 6.45) is 0.938. The molecule has 4 N–H and O–H groups in total. The van der Waals surface area contributed by atoms with Crippen LogP contribution in [0.4, 0.5) is 8.78 Å². The summed E-state index contributed by atoms with van der Waals surface area (Å²) in [4.78, 5) is 35.3. The van der Waals surface area contributed by atoms with E-state index in [0.717, 1.165) is 10.9 Å². The van der Waals surface area contributed by atoms with E-state index < -0.39 is 29.9 Å². The highest BCUT2D eigenvalue weighted by atomic mass is 19.3. The monoisotopic (exact) mass is 549 g/mol. The van der Waals surface area contributed by atoms with Crippen molar-refractivity contribution in [2.75, 3.05) is 6.54 Å². The number of amides is 3. The molecule has 40 heavy (non-hydrogen) atoms. The van der Waals surface area contributed by atoms with Crippen molar-refractivity contribution in [2.45, 2.75) is 38.3 Å². The molecule has 3 amide bonds. The Labute approximate surface area is 229 Å². The van der Waals surface area contributed by atoms with Gasteiger partial charge in [0.05, 0.1) is 23.4 Å². The van der Waals surface area contributed by atoms with Crippen LogP contribution in [0, 0.1) is 0 Å². The molecule has 0 saturated carbocycles. The molecule has 0 aliphatic heterocycles. The number of ether oxygens (including phenoxy) is 1. The highest BCUT2D eigenvalue weighted by Crippen LogP contribution is 2.29. The Balaban J connectivity index is 1.57. The molecule has 0 unspecified atom stereocenters. The minimum Gasteiger partial charge on any atom is -0.484 e. The molecule has 0 aliphatic carbocycles. The van der Waals surface area contributed by atoms with Crippen molar-refractivity contribution in [3.8, 4) is 11.4 Å². The van der Waals surface area contributed by atoms with Gasteiger partial charge in [-0.2, -0.15) is 13.9 Å². The molecule has 0 spiro atoms. The van der Waals surface area contributed by atoms with Crippen LogP contribution in [0.3, 0.4) is 0 Å². The summed E-state index contributed by atoms with van der Waals surface area (Å²) in [5, 5.41) is 10.2. The van der Waals surface area contributed by atoms with E-state index in [1.807, 2.05) is 6.07 Å². The van der Waals surface area contributed by atoms with Crippen LogP contribution in [0.25, 0.3) is 16.6 Å². The molecule has 0 fully saturated rings. The zero-order chi connectivity index (χ0) is 28.9. The summed E-state index contributed by atoms with van der Waals surface area (Å²) in [6.45, 7) is 2.29. The van der Waals surface area contributed by atoms with Crippen molar-refractivity contribution in [3.63, 3.8) is 0 Å². The lowest BCUT2D eigenvalue weighted by atomic mass is 10.0. The number of rotatable bonds is 11. The van der Waals surface area contributed by atoms with Gasteiger partial charge in [-0.15, -0.1) is 0 Å². The zero-order valence-corrected chi connectivity index (χ0v) is 21.9. The van der Waals surface area contributed by atoms with Crippen molar-refractivity contribution >= 4 is 28.6 Å². The van der Waals surface area contributed by atoms with E-state index in [4.69, 9.17) is 10.5 Å². The number of carbonyl (C=O) groups excluding carboxylic acids is 3. The van der Waals surface area contributed by atoms with E-state index in [1.54, 1.807) is 84.5 Å². The van der Waals surface area contributed by atoms with Crippen LogP contribution in [-0.4, -0.2) is 46.0 Å². The zero-order valence-electron chi connectivity index (χ0n) is 21.9. The molecule has 11 heteroatoms. The number of primary amides is 1. The van der Waals surface area contributed by atoms with Gasteiger partial charge in [0, 0.05) is 30.8 Å². The first kappa shape index (κ1) is 28.2. The van der Waals surface area contributed by atoms with Gasteiger partial charge in [-0.3, -0.25) is 14.4 Å². The molecular weight excluding hydrogens is 520 g/mol. The first-order valence-electron chi connectivity index (χ1n) is 12.6. The van der Waals surface area contributed by atoms with Crippen molar-refractivity contribution in [3.05, 3.63) is 90.1 Å². The first-order chi connectivity index (χ1) is 19.0. The number of halogens is 2. The molecule has 0 bridgehead atoms. The Morgan fingerprint density at radius 1 is 1.05 bits per heavy atom. The number of nitrogens with one attached hydrogen (secondary N) is 2. The molecule has 3 aromatic carbocycles. The average molecular weight is 550 g/mol. The number of nitrogens with zero attached hydrogens (tertiary/aromatic N) is 2. The topological polar surface area (TPSA) is 128 Å². The van der Waals surface area contributed by atoms with Crippen LogP contribution in [0.2, 0.25) is 0 Å². The lowest BCUT2D eigenvalue weighted by Gasteiger charge is -2.27. The minimum atomic E-state index is -3.52. The number of benzene rings is 3. The summed E-state index contributed by atoms with van der Waals surface area (Å²) in [5.74, 6) is -5.30. The van der Waals surface area contributed by atoms with Crippen LogP contribution in [0.1, 0.15) is 42.3 Å². The number of hydrogen-bond acceptors (Lipinski definition) is 5. The fourth-order valence-electron chi connectivity index (χ4n) is 4.13. The molecule has 0 saturated heterocycles. The molecule has 208 valence electrons. The summed E-state index contributed by atoms with van der Waals surface area (Å²) in [7, 11) is 0. The number of aromatic nitrogens is 2. The van der Waals surface area contributed by atoms with Crippen LogP contribution in [0.15, 0.2) is 79.0 Å². The predicted octanol–water partition coefficient (Wildman–Crippen LogP) is 3.91. The Hall–Kier alpha value is -4.80. The van der Waals surface area contributed by atoms with E-state index in [0.29, 0.717) is 29.5 Å². The van der Waals surface area contributed by atoms with E-state index >= 15 is 0 Å². The lowest BCUT2D eigenvalue weighted by Crippen LogP contribution is -2.46. The molecule has 2 atom stereocenters. The SMILES string of the molecule is C[C@H](NC(=O)C(C)(F)F)[C@H](Oc1ccc2c(cnn2-c2cccc(C(=O)NCCC(N)=O)c2)c1)c1ccccc1. The van der Waals surface area contributed by atoms with Crippen molar-refractivity contribution < 1.29 is 27.9 Å². The van der Waals surface area contributed by atoms with Crippen LogP contribution in [0.5, 0.6) is 5.75 Å². The molecule has 1 heterocycles. The summed E-state index contributed by atoms with van der Waals surface area (Å²) in [5.41, 5.74) is 7.60. The Kier molecular flexibility index (Phi) is 8.42. The van der Waals surface area contributed by atoms with E-state index in [2.05, 4.69) is 15.7 Å². The second-order valence-corrected chi connectivity index (χ2v) is 9.40. The molecular formula is C29H29F2N5O4. The highest BCUT2D eigenvalue weighted by molar-refractivity contribution is 5.95. The summed E-state index contributed by atoms with van der Waals surface area (Å²) < 4.78 is 35.0. The van der Waals surface area contributed by atoms with Crippen molar-refractivity contribution in [2.24, 2.45) is 5.73 Å². The standard InChI is InChI=1S/C29H29F2N5O4/c1-18(35-28(39)29(2,30)31)26(19-7-4-3-5-8-19)40-23-11-12-24-21(16-23)17-34-36(24)22-10-6-9-20(15-22)27(38)33-14-13-25(32)37/h3-12,15-18,26H,13-14H2,1-2H3,(H2,32,37)(H,33,38)(H,35,39)/t18-,26-/m0/s1. The average Bonchev–Trinajstić information content (AvgIpc) is 3.34. The van der Waals surface area contributed by atoms with Crippen LogP contribution < -0.4 is 21.1 Å². The third-order valence-electron chi connectivity index (χ3n) is 6.15. The van der Waals surface area contributed by atoms with Gasteiger partial charge in [-0.05, 0) is 48.9 Å². The van der Waals surface area contributed by atoms with Gasteiger partial charge in [-0.1, -0.05) is 36.4 Å². The highest BCUT2D eigenvalue weighted by Gasteiger charge is 2.35. The second kappa shape index (κ2) is 11.9. The number of hydrogen-bond donors (Lipinski definition) is 3. The van der Waals surface area contributed by atoms with Crippen molar-refractivity contribution in [1.82, 2.24) is 20.4 Å². The quantitative estimate of drug-likeness (QED) is 0.261. The molecule has 0 radical (unpaired) electrons. The maximum atomic E-state index is 13.5. The number of fused-ring (bicyclic) bond motifs is 1. The van der Waals surface area contributed by atoms with Gasteiger partial charge in [0.15, 0.2) is 0 Å². The Morgan fingerprint density at radius 2 is 1.80 bits per heavy atom. The third kappa shape index (κ3) is 6.79. The first-order valence-corrected chi connectivity index (χ1v) is 12.6. The minimum absolute atomic E-state index is 0.0426. The molecule has 4 rings (SSSR count). The smallest absolute Gasteiger partial charge is 0.321 e. The molecule has 4 aromatic rings. The maximum Gasteiger partial charge on any atom is 0.321 e. The molecule has 1 aromatic heterocycles. The lowest BCUT2D eigenvalue weighted by molar-refractivity contribution is -0.144. The van der Waals surface area contributed by atoms with Gasteiger partial charge in [0.1, 0.15) is 11.9 Å². The number of carbonyl (C=O) groups is 3. The molecule has 9 nitrogen and oxygen atoms in total. The fourth-order valence-corrected chi connectivity index (χ4v) is 4.13. The van der Waals surface area contributed by atoms with Crippen molar-refractivity contribution in [1.29, 1.82) is 0 Å². The fraction of sp³-hybridized carbons (Fsp3) is 0.241. The van der Waals surface area contributed by atoms with Gasteiger partial charge < -0.3 is 21.1 Å². The predicted molar refractivity (Wildman–Crippen MR) is 145 cm³/mol. The maximum absolute atomic E-state index is 13.5. The van der Waals surface area contributed by atoms with Gasteiger partial charge in [0.2, 0.25) is 5.91 Å². The van der Waals surface area contributed by atoms with Crippen LogP contribution in [-0.2, 0) is 9.59 Å². The number of alkyl halides is 2. The Bertz CT molecular complexity index is 1520. The summed E-state index contributed by atoms with van der Waals surface area (Å²) in [6, 6.07) is 20.4. The van der Waals surface area contributed by atoms with Gasteiger partial charge in [0.25, 0.3) is 11.8 Å². The molecule has 0 aliphatic rings. The second-order valence-electron chi connectivity index (χ2n) is 9.40. The Morgan fingerprint density at radius 3 is 2.50 bits per heavy atom. The normalized spacial score (nSPS) is 12.9.